The van der Waals surface area contributed by atoms with Crippen LogP contribution in [0.5, 0.6) is 0 Å². The molecular formula is C33H60N7O4S+. The lowest BCUT2D eigenvalue weighted by atomic mass is 9.98. The Bertz CT molecular complexity index is 1050. The van der Waals surface area contributed by atoms with Crippen molar-refractivity contribution < 1.29 is 23.7 Å². The number of rotatable bonds is 21. The molecule has 6 N–H and O–H groups in total. The maximum atomic E-state index is 13.6. The van der Waals surface area contributed by atoms with Gasteiger partial charge in [0.25, 0.3) is 5.91 Å². The third-order valence-electron chi connectivity index (χ3n) is 7.89. The molecule has 6 atom stereocenters. The van der Waals surface area contributed by atoms with Crippen LogP contribution in [0.3, 0.4) is 0 Å². The third-order valence-corrected chi connectivity index (χ3v) is 8.55. The van der Waals surface area contributed by atoms with Crippen LogP contribution in [0.15, 0.2) is 24.5 Å². The Morgan fingerprint density at radius 3 is 2.02 bits per heavy atom. The van der Waals surface area contributed by atoms with Gasteiger partial charge in [-0.3, -0.25) is 19.2 Å². The SMILES string of the molecule is CCNC(=O)[C@@H](NC(=O)[C@H](C)NC[C@H](CC(C)C)NC(=O)[C@H](CSC)NC[C@@H](NC(=O)c1cc[n+](C)cc1)[C@@H](C)CC)C(C)C. The first-order valence-electron chi connectivity index (χ1n) is 16.3. The first-order chi connectivity index (χ1) is 21.2. The van der Waals surface area contributed by atoms with Crippen molar-refractivity contribution in [1.29, 1.82) is 0 Å². The Hall–Kier alpha value is -2.70. The Kier molecular flexibility index (Phi) is 19.0. The van der Waals surface area contributed by atoms with Crippen LogP contribution in [-0.2, 0) is 21.4 Å². The van der Waals surface area contributed by atoms with Gasteiger partial charge >= 0.3 is 0 Å². The van der Waals surface area contributed by atoms with Gasteiger partial charge in [0.05, 0.1) is 17.6 Å². The fourth-order valence-corrected chi connectivity index (χ4v) is 5.42. The average Bonchev–Trinajstić information content (AvgIpc) is 2.98. The standard InChI is InChI=1S/C33H59N7O4S/c1-11-23(7)27(38-31(42)25-13-15-40(9)16-14-25)19-36-28(20-45-10)32(43)37-26(17-21(3)4)18-35-24(8)30(41)39-29(22(5)6)33(44)34-12-2/h13-16,21-24,26-29,35-36H,11-12,17-20H2,1-10H3,(H3-,34,37,38,39,41,42,43,44)/p+1/t23-,24-,26-,27+,28-,29-/m0/s1. The Morgan fingerprint density at radius 2 is 1.49 bits per heavy atom. The van der Waals surface area contributed by atoms with E-state index in [2.05, 4.69) is 59.6 Å². The van der Waals surface area contributed by atoms with Crippen molar-refractivity contribution in [2.24, 2.45) is 24.8 Å². The van der Waals surface area contributed by atoms with Crippen LogP contribution >= 0.6 is 11.8 Å². The number of carbonyl (C=O) groups is 4. The number of hydrogen-bond donors (Lipinski definition) is 6. The zero-order chi connectivity index (χ0) is 34.1. The first kappa shape index (κ1) is 40.3. The van der Waals surface area contributed by atoms with E-state index in [1.807, 2.05) is 51.0 Å². The number of pyridine rings is 1. The second-order valence-corrected chi connectivity index (χ2v) is 13.6. The first-order valence-corrected chi connectivity index (χ1v) is 17.7. The average molecular weight is 651 g/mol. The number of nitrogens with zero attached hydrogens (tertiary/aromatic N) is 1. The lowest BCUT2D eigenvalue weighted by Crippen LogP contribution is -2.57. The van der Waals surface area contributed by atoms with E-state index in [4.69, 9.17) is 0 Å². The smallest absolute Gasteiger partial charge is 0.252 e. The summed E-state index contributed by atoms with van der Waals surface area (Å²) in [4.78, 5) is 51.9. The van der Waals surface area contributed by atoms with E-state index < -0.39 is 18.1 Å². The van der Waals surface area contributed by atoms with Crippen LogP contribution in [-0.4, -0.2) is 85.5 Å². The highest BCUT2D eigenvalue weighted by Crippen LogP contribution is 2.11. The third kappa shape index (κ3) is 15.0. The van der Waals surface area contributed by atoms with Crippen molar-refractivity contribution in [3.8, 4) is 0 Å². The zero-order valence-corrected chi connectivity index (χ0v) is 30.0. The van der Waals surface area contributed by atoms with Crippen molar-refractivity contribution in [2.75, 3.05) is 31.6 Å². The predicted octanol–water partition coefficient (Wildman–Crippen LogP) is 1.76. The zero-order valence-electron chi connectivity index (χ0n) is 29.2. The monoisotopic (exact) mass is 650 g/mol. The van der Waals surface area contributed by atoms with Gasteiger partial charge in [-0.15, -0.1) is 0 Å². The molecule has 11 nitrogen and oxygen atoms in total. The maximum absolute atomic E-state index is 13.6. The molecule has 0 aliphatic rings. The largest absolute Gasteiger partial charge is 0.355 e. The normalized spacial score (nSPS) is 15.5. The predicted molar refractivity (Wildman–Crippen MR) is 183 cm³/mol. The summed E-state index contributed by atoms with van der Waals surface area (Å²) in [6, 6.07) is 1.59. The highest BCUT2D eigenvalue weighted by atomic mass is 32.2. The molecule has 12 heteroatoms. The molecule has 0 aromatic carbocycles. The van der Waals surface area contributed by atoms with Gasteiger partial charge in [-0.1, -0.05) is 48.0 Å². The van der Waals surface area contributed by atoms with E-state index in [1.165, 1.54) is 0 Å². The molecule has 1 aromatic heterocycles. The molecule has 1 aromatic rings. The quantitative estimate of drug-likeness (QED) is 0.111. The highest BCUT2D eigenvalue weighted by molar-refractivity contribution is 7.98. The summed E-state index contributed by atoms with van der Waals surface area (Å²) in [6.07, 6.45) is 7.25. The highest BCUT2D eigenvalue weighted by Gasteiger charge is 2.28. The molecule has 0 aliphatic heterocycles. The molecule has 0 radical (unpaired) electrons. The van der Waals surface area contributed by atoms with Gasteiger partial charge in [0.15, 0.2) is 12.4 Å². The van der Waals surface area contributed by atoms with Gasteiger partial charge in [-0.25, -0.2) is 4.57 Å². The van der Waals surface area contributed by atoms with Gasteiger partial charge in [0, 0.05) is 49.6 Å². The second kappa shape index (κ2) is 21.2. The van der Waals surface area contributed by atoms with Gasteiger partial charge < -0.3 is 31.9 Å². The molecule has 0 fully saturated rings. The minimum absolute atomic E-state index is 0.0588. The number of nitrogens with one attached hydrogen (secondary N) is 6. The molecule has 4 amide bonds. The van der Waals surface area contributed by atoms with Gasteiger partial charge in [-0.2, -0.15) is 11.8 Å². The molecule has 1 heterocycles. The number of carbonyl (C=O) groups excluding carboxylic acids is 4. The summed E-state index contributed by atoms with van der Waals surface area (Å²) in [5.74, 6) is 0.314. The molecule has 0 unspecified atom stereocenters. The summed E-state index contributed by atoms with van der Waals surface area (Å²) in [5, 5.41) is 18.7. The summed E-state index contributed by atoms with van der Waals surface area (Å²) in [5.41, 5.74) is 0.593. The molecule has 0 saturated heterocycles. The van der Waals surface area contributed by atoms with E-state index in [1.54, 1.807) is 30.8 Å². The molecule has 0 bridgehead atoms. The van der Waals surface area contributed by atoms with Crippen molar-refractivity contribution in [3.05, 3.63) is 30.1 Å². The molecular weight excluding hydrogens is 590 g/mol. The lowest BCUT2D eigenvalue weighted by molar-refractivity contribution is -0.671. The number of aromatic nitrogens is 1. The van der Waals surface area contributed by atoms with Gasteiger partial charge in [-0.05, 0) is 44.3 Å². The van der Waals surface area contributed by atoms with E-state index >= 15 is 0 Å². The molecule has 256 valence electrons. The number of likely N-dealkylation sites (N-methyl/N-ethyl adjacent to an activating group) is 1. The molecule has 0 aliphatic carbocycles. The summed E-state index contributed by atoms with van der Waals surface area (Å²) < 4.78 is 1.88. The Balaban J connectivity index is 2.88. The maximum Gasteiger partial charge on any atom is 0.252 e. The Labute approximate surface area is 275 Å². The summed E-state index contributed by atoms with van der Waals surface area (Å²) >= 11 is 1.58. The van der Waals surface area contributed by atoms with Crippen LogP contribution in [0.25, 0.3) is 0 Å². The number of aryl methyl sites for hydroxylation is 1. The van der Waals surface area contributed by atoms with E-state index in [0.717, 1.165) is 12.8 Å². The fourth-order valence-electron chi connectivity index (χ4n) is 4.82. The van der Waals surface area contributed by atoms with Crippen molar-refractivity contribution >= 4 is 35.4 Å². The van der Waals surface area contributed by atoms with Gasteiger partial charge in [0.1, 0.15) is 13.1 Å². The van der Waals surface area contributed by atoms with Crippen LogP contribution < -0.4 is 36.5 Å². The van der Waals surface area contributed by atoms with Gasteiger partial charge in [0.2, 0.25) is 17.7 Å². The number of hydrogen-bond acceptors (Lipinski definition) is 7. The van der Waals surface area contributed by atoms with E-state index in [9.17, 15) is 19.2 Å². The van der Waals surface area contributed by atoms with E-state index in [0.29, 0.717) is 36.9 Å². The number of amides is 4. The van der Waals surface area contributed by atoms with Crippen LogP contribution in [0.4, 0.5) is 0 Å². The van der Waals surface area contributed by atoms with Crippen molar-refractivity contribution in [2.45, 2.75) is 98.4 Å². The van der Waals surface area contributed by atoms with Crippen LogP contribution in [0.1, 0.15) is 78.6 Å². The lowest BCUT2D eigenvalue weighted by Gasteiger charge is -2.29. The molecule has 0 saturated carbocycles. The topological polar surface area (TPSA) is 144 Å². The Morgan fingerprint density at radius 1 is 0.844 bits per heavy atom. The van der Waals surface area contributed by atoms with Crippen LogP contribution in [0.2, 0.25) is 0 Å². The van der Waals surface area contributed by atoms with E-state index in [-0.39, 0.29) is 47.5 Å². The fraction of sp³-hybridized carbons (Fsp3) is 0.727. The summed E-state index contributed by atoms with van der Waals surface area (Å²) in [6.45, 7) is 17.1. The van der Waals surface area contributed by atoms with Crippen LogP contribution in [0, 0.1) is 17.8 Å². The summed E-state index contributed by atoms with van der Waals surface area (Å²) in [7, 11) is 1.91. The number of thioether (sulfide) groups is 1. The van der Waals surface area contributed by atoms with Crippen molar-refractivity contribution in [3.63, 3.8) is 0 Å². The molecule has 0 spiro atoms. The van der Waals surface area contributed by atoms with Crippen molar-refractivity contribution in [1.82, 2.24) is 31.9 Å². The minimum Gasteiger partial charge on any atom is -0.355 e. The molecule has 45 heavy (non-hydrogen) atoms. The second-order valence-electron chi connectivity index (χ2n) is 12.7. The molecule has 1 rings (SSSR count). The minimum atomic E-state index is -0.619.